The summed E-state index contributed by atoms with van der Waals surface area (Å²) in [6.07, 6.45) is 0.688. The van der Waals surface area contributed by atoms with Crippen LogP contribution in [0.4, 0.5) is 0 Å². The standard InChI is InChI=1S/C19H25N3O4S/c1-14(22-12-15-4-2-3-5-17(15)19(22)24)18(23)21-9-7-20(8-10-21)16-6-11-27(25,26)13-16/h2-5,14,16H,6-13H2,1H3/t14-,16-/m1/s1. The predicted octanol–water partition coefficient (Wildman–Crippen LogP) is 0.362. The van der Waals surface area contributed by atoms with Gasteiger partial charge in [-0.1, -0.05) is 18.2 Å². The molecule has 0 radical (unpaired) electrons. The summed E-state index contributed by atoms with van der Waals surface area (Å²) in [6, 6.07) is 7.07. The van der Waals surface area contributed by atoms with Crippen LogP contribution < -0.4 is 0 Å². The van der Waals surface area contributed by atoms with Gasteiger partial charge in [-0.05, 0) is 25.0 Å². The Bertz CT molecular complexity index is 861. The first-order chi connectivity index (χ1) is 12.9. The van der Waals surface area contributed by atoms with Gasteiger partial charge >= 0.3 is 0 Å². The maximum absolute atomic E-state index is 12.9. The summed E-state index contributed by atoms with van der Waals surface area (Å²) in [5, 5.41) is 0. The smallest absolute Gasteiger partial charge is 0.255 e. The van der Waals surface area contributed by atoms with E-state index < -0.39 is 15.9 Å². The van der Waals surface area contributed by atoms with Crippen molar-refractivity contribution < 1.29 is 18.0 Å². The lowest BCUT2D eigenvalue weighted by molar-refractivity contribution is -0.137. The van der Waals surface area contributed by atoms with Crippen LogP contribution in [-0.4, -0.2) is 84.7 Å². The van der Waals surface area contributed by atoms with E-state index >= 15 is 0 Å². The third-order valence-electron chi connectivity index (χ3n) is 6.02. The normalized spacial score (nSPS) is 26.3. The van der Waals surface area contributed by atoms with Gasteiger partial charge in [0.25, 0.3) is 5.91 Å². The molecule has 7 nitrogen and oxygen atoms in total. The molecule has 1 aromatic carbocycles. The molecule has 2 amide bonds. The van der Waals surface area contributed by atoms with Crippen LogP contribution in [0.5, 0.6) is 0 Å². The second kappa shape index (κ2) is 6.91. The number of rotatable bonds is 3. The van der Waals surface area contributed by atoms with Crippen molar-refractivity contribution in [2.24, 2.45) is 0 Å². The van der Waals surface area contributed by atoms with E-state index in [0.717, 1.165) is 5.56 Å². The number of hydrogen-bond donors (Lipinski definition) is 0. The molecule has 0 N–H and O–H groups in total. The minimum atomic E-state index is -2.90. The minimum absolute atomic E-state index is 0.0325. The van der Waals surface area contributed by atoms with E-state index in [2.05, 4.69) is 4.90 Å². The lowest BCUT2D eigenvalue weighted by Crippen LogP contribution is -2.56. The van der Waals surface area contributed by atoms with Crippen molar-refractivity contribution in [2.75, 3.05) is 37.7 Å². The van der Waals surface area contributed by atoms with E-state index in [1.165, 1.54) is 0 Å². The number of sulfone groups is 1. The molecule has 3 aliphatic rings. The van der Waals surface area contributed by atoms with Gasteiger partial charge < -0.3 is 9.80 Å². The number of amides is 2. The fraction of sp³-hybridized carbons (Fsp3) is 0.579. The molecular weight excluding hydrogens is 366 g/mol. The summed E-state index contributed by atoms with van der Waals surface area (Å²) in [6.45, 7) is 4.80. The number of carbonyl (C=O) groups is 2. The molecule has 27 heavy (non-hydrogen) atoms. The molecule has 1 aromatic rings. The van der Waals surface area contributed by atoms with Crippen molar-refractivity contribution in [2.45, 2.75) is 32.0 Å². The Morgan fingerprint density at radius 3 is 2.48 bits per heavy atom. The van der Waals surface area contributed by atoms with Gasteiger partial charge in [-0.25, -0.2) is 8.42 Å². The minimum Gasteiger partial charge on any atom is -0.338 e. The molecule has 0 saturated carbocycles. The van der Waals surface area contributed by atoms with Crippen LogP contribution >= 0.6 is 0 Å². The molecule has 0 aliphatic carbocycles. The summed E-state index contributed by atoms with van der Waals surface area (Å²) < 4.78 is 23.4. The van der Waals surface area contributed by atoms with Gasteiger partial charge in [-0.15, -0.1) is 0 Å². The predicted molar refractivity (Wildman–Crippen MR) is 101 cm³/mol. The van der Waals surface area contributed by atoms with E-state index in [-0.39, 0.29) is 29.4 Å². The molecule has 3 aliphatic heterocycles. The van der Waals surface area contributed by atoms with Crippen molar-refractivity contribution >= 4 is 21.7 Å². The Kier molecular flexibility index (Phi) is 4.71. The lowest BCUT2D eigenvalue weighted by Gasteiger charge is -2.39. The number of benzene rings is 1. The maximum Gasteiger partial charge on any atom is 0.255 e. The van der Waals surface area contributed by atoms with Crippen LogP contribution in [0.25, 0.3) is 0 Å². The first-order valence-electron chi connectivity index (χ1n) is 9.48. The third kappa shape index (κ3) is 3.48. The largest absolute Gasteiger partial charge is 0.338 e. The molecule has 2 atom stereocenters. The average Bonchev–Trinajstić information content (AvgIpc) is 3.20. The van der Waals surface area contributed by atoms with Gasteiger partial charge in [0.1, 0.15) is 6.04 Å². The fourth-order valence-electron chi connectivity index (χ4n) is 4.36. The zero-order valence-corrected chi connectivity index (χ0v) is 16.3. The summed E-state index contributed by atoms with van der Waals surface area (Å²) in [7, 11) is -2.90. The molecule has 0 unspecified atom stereocenters. The topological polar surface area (TPSA) is 78.0 Å². The second-order valence-electron chi connectivity index (χ2n) is 7.68. The SMILES string of the molecule is C[C@H](C(=O)N1CCN([C@@H]2CCS(=O)(=O)C2)CC1)N1Cc2ccccc2C1=O. The second-order valence-corrected chi connectivity index (χ2v) is 9.91. The number of piperazine rings is 1. The van der Waals surface area contributed by atoms with Crippen molar-refractivity contribution in [3.8, 4) is 0 Å². The van der Waals surface area contributed by atoms with E-state index in [1.54, 1.807) is 16.7 Å². The highest BCUT2D eigenvalue weighted by Crippen LogP contribution is 2.25. The number of hydrogen-bond acceptors (Lipinski definition) is 5. The van der Waals surface area contributed by atoms with E-state index in [1.807, 2.05) is 24.3 Å². The quantitative estimate of drug-likeness (QED) is 0.744. The molecular formula is C19H25N3O4S. The highest BCUT2D eigenvalue weighted by Gasteiger charge is 2.38. The molecule has 8 heteroatoms. The van der Waals surface area contributed by atoms with Crippen LogP contribution in [0.2, 0.25) is 0 Å². The molecule has 2 saturated heterocycles. The van der Waals surface area contributed by atoms with Crippen molar-refractivity contribution in [1.82, 2.24) is 14.7 Å². The number of fused-ring (bicyclic) bond motifs is 1. The van der Waals surface area contributed by atoms with Crippen LogP contribution in [0.3, 0.4) is 0 Å². The van der Waals surface area contributed by atoms with E-state index in [0.29, 0.717) is 44.7 Å². The molecule has 2 fully saturated rings. The Morgan fingerprint density at radius 2 is 1.85 bits per heavy atom. The van der Waals surface area contributed by atoms with Gasteiger partial charge in [0, 0.05) is 44.3 Å². The first kappa shape index (κ1) is 18.4. The molecule has 4 rings (SSSR count). The van der Waals surface area contributed by atoms with Crippen molar-refractivity contribution in [3.05, 3.63) is 35.4 Å². The average molecular weight is 391 g/mol. The number of carbonyl (C=O) groups excluding carboxylic acids is 2. The molecule has 146 valence electrons. The van der Waals surface area contributed by atoms with Gasteiger partial charge in [-0.2, -0.15) is 0 Å². The van der Waals surface area contributed by atoms with Gasteiger partial charge in [0.2, 0.25) is 5.91 Å². The van der Waals surface area contributed by atoms with E-state index in [9.17, 15) is 18.0 Å². The Hall–Kier alpha value is -1.93. The summed E-state index contributed by atoms with van der Waals surface area (Å²) in [4.78, 5) is 31.2. The Balaban J connectivity index is 1.35. The highest BCUT2D eigenvalue weighted by atomic mass is 32.2. The van der Waals surface area contributed by atoms with Crippen molar-refractivity contribution in [3.63, 3.8) is 0 Å². The monoisotopic (exact) mass is 391 g/mol. The van der Waals surface area contributed by atoms with Crippen LogP contribution in [-0.2, 0) is 21.2 Å². The summed E-state index contributed by atoms with van der Waals surface area (Å²) in [5.74, 6) is 0.389. The summed E-state index contributed by atoms with van der Waals surface area (Å²) in [5.41, 5.74) is 1.65. The molecule has 0 aromatic heterocycles. The first-order valence-corrected chi connectivity index (χ1v) is 11.3. The Morgan fingerprint density at radius 1 is 1.15 bits per heavy atom. The molecule has 0 bridgehead atoms. The fourth-order valence-corrected chi connectivity index (χ4v) is 6.12. The van der Waals surface area contributed by atoms with Gasteiger partial charge in [0.05, 0.1) is 11.5 Å². The van der Waals surface area contributed by atoms with Crippen LogP contribution in [0.15, 0.2) is 24.3 Å². The van der Waals surface area contributed by atoms with E-state index in [4.69, 9.17) is 0 Å². The zero-order chi connectivity index (χ0) is 19.2. The zero-order valence-electron chi connectivity index (χ0n) is 15.5. The summed E-state index contributed by atoms with van der Waals surface area (Å²) >= 11 is 0. The third-order valence-corrected chi connectivity index (χ3v) is 7.78. The van der Waals surface area contributed by atoms with Crippen LogP contribution in [0, 0.1) is 0 Å². The van der Waals surface area contributed by atoms with Gasteiger partial charge in [-0.3, -0.25) is 14.5 Å². The Labute approximate surface area is 159 Å². The van der Waals surface area contributed by atoms with Gasteiger partial charge in [0.15, 0.2) is 9.84 Å². The number of nitrogens with zero attached hydrogens (tertiary/aromatic N) is 3. The molecule has 0 spiro atoms. The maximum atomic E-state index is 12.9. The lowest BCUT2D eigenvalue weighted by atomic mass is 10.1. The molecule has 3 heterocycles. The van der Waals surface area contributed by atoms with Crippen molar-refractivity contribution in [1.29, 1.82) is 0 Å². The highest BCUT2D eigenvalue weighted by molar-refractivity contribution is 7.91. The van der Waals surface area contributed by atoms with Crippen LogP contribution in [0.1, 0.15) is 29.3 Å².